The quantitative estimate of drug-likeness (QED) is 0.443. The zero-order chi connectivity index (χ0) is 17.2. The third kappa shape index (κ3) is 1.94. The number of hydrogen-bond acceptors (Lipinski definition) is 5. The van der Waals surface area contributed by atoms with E-state index >= 15 is 0 Å². The summed E-state index contributed by atoms with van der Waals surface area (Å²) in [4.78, 5) is 14.1. The molecule has 0 aromatic heterocycles. The first-order chi connectivity index (χ1) is 12.1. The van der Waals surface area contributed by atoms with Crippen molar-refractivity contribution in [3.63, 3.8) is 0 Å². The molecule has 0 saturated heterocycles. The summed E-state index contributed by atoms with van der Waals surface area (Å²) >= 11 is 8.82. The van der Waals surface area contributed by atoms with Gasteiger partial charge in [0.15, 0.2) is 5.60 Å². The Labute approximate surface area is 155 Å². The van der Waals surface area contributed by atoms with Gasteiger partial charge in [-0.25, -0.2) is 4.79 Å². The molecule has 25 heavy (non-hydrogen) atoms. The molecular weight excluding hydrogens is 352 g/mol. The molecule has 0 bridgehead atoms. The second-order valence-corrected chi connectivity index (χ2v) is 7.11. The fourth-order valence-electron chi connectivity index (χ4n) is 3.65. The second-order valence-electron chi connectivity index (χ2n) is 6.08. The van der Waals surface area contributed by atoms with Crippen LogP contribution >= 0.6 is 25.3 Å². The molecule has 3 nitrogen and oxygen atoms in total. The second kappa shape index (κ2) is 5.07. The van der Waals surface area contributed by atoms with Crippen LogP contribution in [0.25, 0.3) is 0 Å². The number of carbonyl (C=O) groups excluding carboxylic acids is 1. The lowest BCUT2D eigenvalue weighted by atomic mass is 9.78. The Kier molecular flexibility index (Phi) is 3.03. The number of fused-ring (bicyclic) bond motifs is 6. The first-order valence-electron chi connectivity index (χ1n) is 7.77. The number of hydrogen-bond donors (Lipinski definition) is 2. The highest BCUT2D eigenvalue weighted by Crippen LogP contribution is 2.56. The number of thiol groups is 2. The van der Waals surface area contributed by atoms with E-state index in [1.165, 1.54) is 0 Å². The van der Waals surface area contributed by atoms with Gasteiger partial charge >= 0.3 is 5.97 Å². The molecule has 0 fully saturated rings. The molecule has 5 rings (SSSR count). The standard InChI is InChI=1S/C20H12O3S2/c21-19-13-3-1-2-4-14(13)20(23-19)15-7-5-11(24)9-17(15)22-18-10-12(25)6-8-16(18)20/h1-10,24-25H. The molecule has 2 aliphatic rings. The summed E-state index contributed by atoms with van der Waals surface area (Å²) in [6.45, 7) is 0. The highest BCUT2D eigenvalue weighted by molar-refractivity contribution is 7.80. The molecule has 5 heteroatoms. The number of ether oxygens (including phenoxy) is 2. The van der Waals surface area contributed by atoms with Gasteiger partial charge in [0.25, 0.3) is 0 Å². The van der Waals surface area contributed by atoms with Crippen LogP contribution < -0.4 is 4.74 Å². The minimum absolute atomic E-state index is 0.334. The average molecular weight is 364 g/mol. The SMILES string of the molecule is O=C1OC2(c3ccc(S)cc3Oc3cc(S)ccc32)c2ccccc21. The van der Waals surface area contributed by atoms with Gasteiger partial charge in [0, 0.05) is 26.5 Å². The summed E-state index contributed by atoms with van der Waals surface area (Å²) in [5, 5.41) is 0. The summed E-state index contributed by atoms with van der Waals surface area (Å²) in [7, 11) is 0. The minimum Gasteiger partial charge on any atom is -0.456 e. The van der Waals surface area contributed by atoms with Gasteiger partial charge < -0.3 is 9.47 Å². The Hall–Kier alpha value is -2.37. The Bertz CT molecular complexity index is 1010. The van der Waals surface area contributed by atoms with Crippen LogP contribution in [0, 0.1) is 0 Å². The van der Waals surface area contributed by atoms with E-state index in [9.17, 15) is 4.79 Å². The maximum absolute atomic E-state index is 12.6. The normalized spacial score (nSPS) is 15.8. The van der Waals surface area contributed by atoms with Gasteiger partial charge in [0.05, 0.1) is 5.56 Å². The van der Waals surface area contributed by atoms with Crippen LogP contribution in [-0.4, -0.2) is 5.97 Å². The lowest BCUT2D eigenvalue weighted by molar-refractivity contribution is 0.0224. The largest absolute Gasteiger partial charge is 0.456 e. The van der Waals surface area contributed by atoms with E-state index in [4.69, 9.17) is 9.47 Å². The third-order valence-electron chi connectivity index (χ3n) is 4.68. The molecule has 2 heterocycles. The van der Waals surface area contributed by atoms with E-state index in [-0.39, 0.29) is 5.97 Å². The molecular formula is C20H12O3S2. The van der Waals surface area contributed by atoms with Crippen molar-refractivity contribution >= 4 is 31.2 Å². The summed E-state index contributed by atoms with van der Waals surface area (Å²) in [5.74, 6) is 0.922. The fraction of sp³-hybridized carbons (Fsp3) is 0.0500. The van der Waals surface area contributed by atoms with Crippen molar-refractivity contribution < 1.29 is 14.3 Å². The van der Waals surface area contributed by atoms with Gasteiger partial charge in [0.1, 0.15) is 11.5 Å². The van der Waals surface area contributed by atoms with Crippen LogP contribution in [0.5, 0.6) is 11.5 Å². The van der Waals surface area contributed by atoms with E-state index in [1.54, 1.807) is 6.07 Å². The van der Waals surface area contributed by atoms with Crippen molar-refractivity contribution in [2.75, 3.05) is 0 Å². The number of esters is 1. The fourth-order valence-corrected chi connectivity index (χ4v) is 4.04. The molecule has 3 aromatic rings. The van der Waals surface area contributed by atoms with Crippen molar-refractivity contribution in [3.8, 4) is 11.5 Å². The molecule has 0 amide bonds. The van der Waals surface area contributed by atoms with Gasteiger partial charge in [-0.15, -0.1) is 25.3 Å². The van der Waals surface area contributed by atoms with Crippen LogP contribution in [0.1, 0.15) is 27.0 Å². The van der Waals surface area contributed by atoms with Crippen molar-refractivity contribution in [3.05, 3.63) is 82.9 Å². The highest BCUT2D eigenvalue weighted by Gasteiger charge is 2.53. The lowest BCUT2D eigenvalue weighted by Crippen LogP contribution is -2.33. The Morgan fingerprint density at radius 2 is 1.36 bits per heavy atom. The van der Waals surface area contributed by atoms with Crippen molar-refractivity contribution in [2.45, 2.75) is 15.4 Å². The average Bonchev–Trinajstić information content (AvgIpc) is 2.88. The molecule has 3 aromatic carbocycles. The smallest absolute Gasteiger partial charge is 0.340 e. The Morgan fingerprint density at radius 1 is 0.760 bits per heavy atom. The maximum Gasteiger partial charge on any atom is 0.340 e. The molecule has 0 radical (unpaired) electrons. The molecule has 1 spiro atoms. The summed E-state index contributed by atoms with van der Waals surface area (Å²) in [6, 6.07) is 18.7. The van der Waals surface area contributed by atoms with Crippen molar-refractivity contribution in [1.29, 1.82) is 0 Å². The van der Waals surface area contributed by atoms with Gasteiger partial charge in [-0.3, -0.25) is 0 Å². The molecule has 2 aliphatic heterocycles. The third-order valence-corrected chi connectivity index (χ3v) is 5.24. The summed E-state index contributed by atoms with van der Waals surface area (Å²) in [5.41, 5.74) is 1.97. The number of rotatable bonds is 0. The van der Waals surface area contributed by atoms with Crippen LogP contribution in [0.2, 0.25) is 0 Å². The zero-order valence-electron chi connectivity index (χ0n) is 12.9. The Morgan fingerprint density at radius 3 is 2.00 bits per heavy atom. The molecule has 0 N–H and O–H groups in total. The predicted molar refractivity (Wildman–Crippen MR) is 99.2 cm³/mol. The van der Waals surface area contributed by atoms with Gasteiger partial charge in [-0.1, -0.05) is 18.2 Å². The molecule has 122 valence electrons. The highest BCUT2D eigenvalue weighted by atomic mass is 32.1. The maximum atomic E-state index is 12.6. The van der Waals surface area contributed by atoms with E-state index in [2.05, 4.69) is 25.3 Å². The van der Waals surface area contributed by atoms with E-state index in [1.807, 2.05) is 54.6 Å². The lowest BCUT2D eigenvalue weighted by Gasteiger charge is -2.36. The van der Waals surface area contributed by atoms with Crippen LogP contribution in [0.4, 0.5) is 0 Å². The molecule has 0 saturated carbocycles. The zero-order valence-corrected chi connectivity index (χ0v) is 14.7. The molecule has 0 unspecified atom stereocenters. The monoisotopic (exact) mass is 364 g/mol. The van der Waals surface area contributed by atoms with Crippen molar-refractivity contribution in [1.82, 2.24) is 0 Å². The van der Waals surface area contributed by atoms with E-state index in [0.29, 0.717) is 17.1 Å². The molecule has 0 aliphatic carbocycles. The predicted octanol–water partition coefficient (Wildman–Crippen LogP) is 4.83. The van der Waals surface area contributed by atoms with E-state index < -0.39 is 5.60 Å². The molecule has 0 atom stereocenters. The van der Waals surface area contributed by atoms with E-state index in [0.717, 1.165) is 26.5 Å². The summed E-state index contributed by atoms with van der Waals surface area (Å²) in [6.07, 6.45) is 0. The van der Waals surface area contributed by atoms with Crippen molar-refractivity contribution in [2.24, 2.45) is 0 Å². The number of benzene rings is 3. The van der Waals surface area contributed by atoms with Crippen LogP contribution in [-0.2, 0) is 10.3 Å². The Balaban J connectivity index is 1.91. The summed E-state index contributed by atoms with van der Waals surface area (Å²) < 4.78 is 12.1. The van der Waals surface area contributed by atoms with Gasteiger partial charge in [-0.2, -0.15) is 0 Å². The first kappa shape index (κ1) is 14.9. The topological polar surface area (TPSA) is 35.5 Å². The van der Waals surface area contributed by atoms with Gasteiger partial charge in [0.2, 0.25) is 0 Å². The van der Waals surface area contributed by atoms with Gasteiger partial charge in [-0.05, 0) is 42.5 Å². The van der Waals surface area contributed by atoms with Crippen LogP contribution in [0.15, 0.2) is 70.5 Å². The first-order valence-corrected chi connectivity index (χ1v) is 8.67. The van der Waals surface area contributed by atoms with Crippen LogP contribution in [0.3, 0.4) is 0 Å². The number of carbonyl (C=O) groups is 1. The minimum atomic E-state index is -1.01.